The van der Waals surface area contributed by atoms with E-state index in [1.807, 2.05) is 0 Å². The van der Waals surface area contributed by atoms with Crippen LogP contribution < -0.4 is 9.47 Å². The highest BCUT2D eigenvalue weighted by molar-refractivity contribution is 6.11. The van der Waals surface area contributed by atoms with Crippen molar-refractivity contribution in [3.63, 3.8) is 0 Å². The third kappa shape index (κ3) is 6.35. The fourth-order valence-corrected chi connectivity index (χ4v) is 4.05. The van der Waals surface area contributed by atoms with E-state index < -0.39 is 9.85 Å². The summed E-state index contributed by atoms with van der Waals surface area (Å²) in [5.41, 5.74) is 1.40. The molecule has 206 valence electrons. The Kier molecular flexibility index (Phi) is 7.78. The second-order valence-electron chi connectivity index (χ2n) is 9.00. The highest BCUT2D eigenvalue weighted by atomic mass is 16.6. The van der Waals surface area contributed by atoms with Crippen LogP contribution in [-0.4, -0.2) is 21.4 Å². The Hall–Kier alpha value is -6.16. The predicted octanol–water partition coefficient (Wildman–Crippen LogP) is 7.55. The molecule has 0 bridgehead atoms. The highest BCUT2D eigenvalue weighted by Gasteiger charge is 2.14. The second-order valence-corrected chi connectivity index (χ2v) is 9.00. The molecule has 0 spiro atoms. The van der Waals surface area contributed by atoms with Crippen molar-refractivity contribution in [2.24, 2.45) is 0 Å². The summed E-state index contributed by atoms with van der Waals surface area (Å²) in [6.07, 6.45) is 0. The molecule has 0 aromatic heterocycles. The van der Waals surface area contributed by atoms with Crippen LogP contribution >= 0.6 is 0 Å². The summed E-state index contributed by atoms with van der Waals surface area (Å²) in [5, 5.41) is 21.9. The lowest BCUT2D eigenvalue weighted by molar-refractivity contribution is -0.385. The summed E-state index contributed by atoms with van der Waals surface area (Å²) in [7, 11) is 0. The number of ether oxygens (including phenoxy) is 2. The van der Waals surface area contributed by atoms with E-state index in [9.17, 15) is 29.8 Å². The Morgan fingerprint density at radius 3 is 1.07 bits per heavy atom. The van der Waals surface area contributed by atoms with Crippen LogP contribution in [-0.2, 0) is 0 Å². The Labute approximate surface area is 238 Å². The summed E-state index contributed by atoms with van der Waals surface area (Å²) >= 11 is 0. The van der Waals surface area contributed by atoms with Crippen molar-refractivity contribution in [1.29, 1.82) is 0 Å². The summed E-state index contributed by atoms with van der Waals surface area (Å²) in [6, 6.07) is 30.6. The summed E-state index contributed by atoms with van der Waals surface area (Å²) in [4.78, 5) is 46.9. The standard InChI is InChI=1S/C32H20N2O8/c35-31(23-11-15-27(16-12-23)41-29-5-1-3-25(19-29)33(37)38)21-7-9-22(10-8-21)32(36)24-13-17-28(18-14-24)42-30-6-2-4-26(20-30)34(39)40/h1-20H. The van der Waals surface area contributed by atoms with Crippen LogP contribution in [0.25, 0.3) is 0 Å². The first-order valence-corrected chi connectivity index (χ1v) is 12.5. The van der Waals surface area contributed by atoms with Gasteiger partial charge < -0.3 is 9.47 Å². The maximum atomic E-state index is 13.0. The molecular weight excluding hydrogens is 540 g/mol. The topological polar surface area (TPSA) is 139 Å². The van der Waals surface area contributed by atoms with E-state index in [0.717, 1.165) is 0 Å². The fourth-order valence-electron chi connectivity index (χ4n) is 4.05. The minimum absolute atomic E-state index is 0.0922. The van der Waals surface area contributed by atoms with Gasteiger partial charge in [0.1, 0.15) is 23.0 Å². The van der Waals surface area contributed by atoms with Gasteiger partial charge in [-0.25, -0.2) is 0 Å². The van der Waals surface area contributed by atoms with Crippen LogP contribution in [0, 0.1) is 20.2 Å². The van der Waals surface area contributed by atoms with E-state index >= 15 is 0 Å². The van der Waals surface area contributed by atoms with E-state index in [4.69, 9.17) is 9.47 Å². The van der Waals surface area contributed by atoms with Crippen LogP contribution in [0.15, 0.2) is 121 Å². The lowest BCUT2D eigenvalue weighted by atomic mass is 9.98. The lowest BCUT2D eigenvalue weighted by Gasteiger charge is -2.08. The van der Waals surface area contributed by atoms with Gasteiger partial charge in [0.2, 0.25) is 0 Å². The molecule has 0 unspecified atom stereocenters. The van der Waals surface area contributed by atoms with Crippen LogP contribution in [0.1, 0.15) is 31.8 Å². The number of carbonyl (C=O) groups excluding carboxylic acids is 2. The average Bonchev–Trinajstić information content (AvgIpc) is 3.01. The molecule has 0 heterocycles. The van der Waals surface area contributed by atoms with Crippen molar-refractivity contribution in [3.05, 3.63) is 164 Å². The van der Waals surface area contributed by atoms with Gasteiger partial charge in [0.15, 0.2) is 11.6 Å². The number of hydrogen-bond donors (Lipinski definition) is 0. The molecule has 0 saturated heterocycles. The maximum Gasteiger partial charge on any atom is 0.273 e. The van der Waals surface area contributed by atoms with Crippen LogP contribution in [0.4, 0.5) is 11.4 Å². The third-order valence-electron chi connectivity index (χ3n) is 6.17. The number of non-ortho nitro benzene ring substituents is 2. The van der Waals surface area contributed by atoms with Crippen molar-refractivity contribution < 1.29 is 28.9 Å². The van der Waals surface area contributed by atoms with Crippen molar-refractivity contribution in [3.8, 4) is 23.0 Å². The molecular formula is C32H20N2O8. The molecule has 5 aromatic rings. The molecule has 0 saturated carbocycles. The fraction of sp³-hybridized carbons (Fsp3) is 0. The summed E-state index contributed by atoms with van der Waals surface area (Å²) in [5.74, 6) is 0.919. The lowest BCUT2D eigenvalue weighted by Crippen LogP contribution is -2.04. The summed E-state index contributed by atoms with van der Waals surface area (Å²) in [6.45, 7) is 0. The largest absolute Gasteiger partial charge is 0.457 e. The van der Waals surface area contributed by atoms with Gasteiger partial charge >= 0.3 is 0 Å². The van der Waals surface area contributed by atoms with E-state index in [2.05, 4.69) is 0 Å². The molecule has 10 heteroatoms. The van der Waals surface area contributed by atoms with Crippen LogP contribution in [0.2, 0.25) is 0 Å². The molecule has 0 atom stereocenters. The Bertz CT molecular complexity index is 1660. The van der Waals surface area contributed by atoms with Crippen molar-refractivity contribution in [2.75, 3.05) is 0 Å². The first kappa shape index (κ1) is 27.4. The number of carbonyl (C=O) groups is 2. The summed E-state index contributed by atoms with van der Waals surface area (Å²) < 4.78 is 11.3. The number of ketones is 2. The van der Waals surface area contributed by atoms with E-state index in [1.54, 1.807) is 84.9 Å². The molecule has 42 heavy (non-hydrogen) atoms. The predicted molar refractivity (Wildman–Crippen MR) is 153 cm³/mol. The second kappa shape index (κ2) is 11.9. The molecule has 0 aliphatic heterocycles. The highest BCUT2D eigenvalue weighted by Crippen LogP contribution is 2.27. The number of nitro groups is 2. The molecule has 0 amide bonds. The van der Waals surface area contributed by atoms with Crippen molar-refractivity contribution >= 4 is 22.9 Å². The molecule has 10 nitrogen and oxygen atoms in total. The molecule has 5 rings (SSSR count). The number of benzene rings is 5. The van der Waals surface area contributed by atoms with Gasteiger partial charge in [-0.1, -0.05) is 36.4 Å². The van der Waals surface area contributed by atoms with E-state index in [1.165, 1.54) is 36.4 Å². The van der Waals surface area contributed by atoms with Crippen molar-refractivity contribution in [1.82, 2.24) is 0 Å². The average molecular weight is 561 g/mol. The molecule has 5 aromatic carbocycles. The molecule has 0 aliphatic carbocycles. The number of hydrogen-bond acceptors (Lipinski definition) is 8. The maximum absolute atomic E-state index is 13.0. The number of nitro benzene ring substituents is 2. The Morgan fingerprint density at radius 1 is 0.452 bits per heavy atom. The van der Waals surface area contributed by atoms with Crippen LogP contribution in [0.5, 0.6) is 23.0 Å². The zero-order valence-corrected chi connectivity index (χ0v) is 21.7. The SMILES string of the molecule is O=C(c1ccc(Oc2cccc([N+](=O)[O-])c2)cc1)c1ccc(C(=O)c2ccc(Oc3cccc([N+](=O)[O-])c3)cc2)cc1. The Balaban J connectivity index is 1.22. The smallest absolute Gasteiger partial charge is 0.273 e. The van der Waals surface area contributed by atoms with Gasteiger partial charge in [0.25, 0.3) is 11.4 Å². The molecule has 0 radical (unpaired) electrons. The third-order valence-corrected chi connectivity index (χ3v) is 6.17. The monoisotopic (exact) mass is 560 g/mol. The van der Waals surface area contributed by atoms with Crippen molar-refractivity contribution in [2.45, 2.75) is 0 Å². The van der Waals surface area contributed by atoms with Crippen LogP contribution in [0.3, 0.4) is 0 Å². The first-order valence-electron chi connectivity index (χ1n) is 12.5. The number of nitrogens with zero attached hydrogens (tertiary/aromatic N) is 2. The van der Waals surface area contributed by atoms with Gasteiger partial charge in [0, 0.05) is 34.4 Å². The number of rotatable bonds is 10. The molecule has 0 fully saturated rings. The van der Waals surface area contributed by atoms with Gasteiger partial charge in [-0.3, -0.25) is 29.8 Å². The molecule has 0 aliphatic rings. The minimum atomic E-state index is -0.510. The van der Waals surface area contributed by atoms with Gasteiger partial charge in [0.05, 0.1) is 22.0 Å². The van der Waals surface area contributed by atoms with Gasteiger partial charge in [-0.2, -0.15) is 0 Å². The Morgan fingerprint density at radius 2 is 0.762 bits per heavy atom. The first-order chi connectivity index (χ1) is 20.3. The normalized spacial score (nSPS) is 10.5. The van der Waals surface area contributed by atoms with E-state index in [0.29, 0.717) is 45.3 Å². The van der Waals surface area contributed by atoms with Gasteiger partial charge in [-0.15, -0.1) is 0 Å². The van der Waals surface area contributed by atoms with E-state index in [-0.39, 0.29) is 22.9 Å². The zero-order chi connectivity index (χ0) is 29.6. The minimum Gasteiger partial charge on any atom is -0.457 e. The molecule has 0 N–H and O–H groups in total. The zero-order valence-electron chi connectivity index (χ0n) is 21.7. The quantitative estimate of drug-likeness (QED) is 0.0969. The van der Waals surface area contributed by atoms with Gasteiger partial charge in [-0.05, 0) is 60.7 Å².